The summed E-state index contributed by atoms with van der Waals surface area (Å²) >= 11 is 4.94. The fourth-order valence-electron chi connectivity index (χ4n) is 0.952. The lowest BCUT2D eigenvalue weighted by Crippen LogP contribution is -2.19. The minimum Gasteiger partial charge on any atom is -0.324 e. The zero-order valence-electron chi connectivity index (χ0n) is 7.08. The molecule has 1 rings (SSSR count). The van der Waals surface area contributed by atoms with E-state index >= 15 is 0 Å². The molecule has 0 aliphatic heterocycles. The van der Waals surface area contributed by atoms with Gasteiger partial charge in [0.15, 0.2) is 29.1 Å². The van der Waals surface area contributed by atoms with Gasteiger partial charge in [0.05, 0.1) is 12.1 Å². The summed E-state index contributed by atoms with van der Waals surface area (Å²) in [5.74, 6) is -8.55. The SMILES string of the molecule is NCC(=O)c1c(F)c(F)c(Cl)c(F)c1F. The normalized spacial score (nSPS) is 10.5. The van der Waals surface area contributed by atoms with Crippen LogP contribution in [0, 0.1) is 23.3 Å². The molecule has 0 aliphatic rings. The highest BCUT2D eigenvalue weighted by molar-refractivity contribution is 6.31. The van der Waals surface area contributed by atoms with Crippen molar-refractivity contribution in [3.63, 3.8) is 0 Å². The van der Waals surface area contributed by atoms with Crippen LogP contribution in [0.15, 0.2) is 0 Å². The fourth-order valence-corrected chi connectivity index (χ4v) is 1.12. The smallest absolute Gasteiger partial charge is 0.182 e. The number of rotatable bonds is 2. The lowest BCUT2D eigenvalue weighted by Gasteiger charge is -2.06. The van der Waals surface area contributed by atoms with Gasteiger partial charge >= 0.3 is 0 Å². The van der Waals surface area contributed by atoms with Crippen molar-refractivity contribution in [2.45, 2.75) is 0 Å². The van der Waals surface area contributed by atoms with Crippen molar-refractivity contribution in [1.29, 1.82) is 0 Å². The Morgan fingerprint density at radius 1 is 1.07 bits per heavy atom. The number of hydrogen-bond donors (Lipinski definition) is 1. The van der Waals surface area contributed by atoms with Gasteiger partial charge in [0.1, 0.15) is 5.02 Å². The predicted molar refractivity (Wildman–Crippen MR) is 44.7 cm³/mol. The van der Waals surface area contributed by atoms with Crippen molar-refractivity contribution in [2.24, 2.45) is 5.73 Å². The monoisotopic (exact) mass is 241 g/mol. The minimum absolute atomic E-state index is 0.769. The van der Waals surface area contributed by atoms with Crippen LogP contribution in [0.2, 0.25) is 5.02 Å². The van der Waals surface area contributed by atoms with Crippen molar-refractivity contribution < 1.29 is 22.4 Å². The van der Waals surface area contributed by atoms with Crippen LogP contribution in [0.3, 0.4) is 0 Å². The molecule has 1 aromatic rings. The van der Waals surface area contributed by atoms with Crippen LogP contribution in [0.25, 0.3) is 0 Å². The van der Waals surface area contributed by atoms with Crippen molar-refractivity contribution in [1.82, 2.24) is 0 Å². The third kappa shape index (κ3) is 1.82. The molecule has 1 aromatic carbocycles. The zero-order chi connectivity index (χ0) is 11.7. The van der Waals surface area contributed by atoms with Gasteiger partial charge in [-0.3, -0.25) is 4.79 Å². The van der Waals surface area contributed by atoms with Crippen LogP contribution in [0.1, 0.15) is 10.4 Å². The third-order valence-corrected chi connectivity index (χ3v) is 2.01. The van der Waals surface area contributed by atoms with Crippen molar-refractivity contribution in [3.05, 3.63) is 33.9 Å². The molecule has 2 N–H and O–H groups in total. The molecule has 7 heteroatoms. The number of ketones is 1. The number of hydrogen-bond acceptors (Lipinski definition) is 2. The van der Waals surface area contributed by atoms with Gasteiger partial charge in [0.25, 0.3) is 0 Å². The number of carbonyl (C=O) groups excluding carboxylic acids is 1. The Kier molecular flexibility index (Phi) is 3.31. The first kappa shape index (κ1) is 11.9. The van der Waals surface area contributed by atoms with E-state index in [1.807, 2.05) is 0 Å². The summed E-state index contributed by atoms with van der Waals surface area (Å²) in [6, 6.07) is 0. The van der Waals surface area contributed by atoms with Gasteiger partial charge < -0.3 is 5.73 Å². The van der Waals surface area contributed by atoms with E-state index in [-0.39, 0.29) is 0 Å². The van der Waals surface area contributed by atoms with E-state index in [9.17, 15) is 22.4 Å². The maximum absolute atomic E-state index is 13.0. The highest BCUT2D eigenvalue weighted by atomic mass is 35.5. The van der Waals surface area contributed by atoms with Gasteiger partial charge in [-0.1, -0.05) is 11.6 Å². The largest absolute Gasteiger partial charge is 0.324 e. The predicted octanol–water partition coefficient (Wildman–Crippen LogP) is 2.04. The highest BCUT2D eigenvalue weighted by Crippen LogP contribution is 2.27. The number of Topliss-reactive ketones (excluding diaryl/α,β-unsaturated/α-hetero) is 1. The number of nitrogens with two attached hydrogens (primary N) is 1. The molecule has 0 unspecified atom stereocenters. The topological polar surface area (TPSA) is 43.1 Å². The molecule has 0 atom stereocenters. The molecule has 0 saturated carbocycles. The van der Waals surface area contributed by atoms with Crippen LogP contribution in [0.4, 0.5) is 17.6 Å². The number of benzene rings is 1. The molecule has 0 bridgehead atoms. The van der Waals surface area contributed by atoms with E-state index < -0.39 is 46.2 Å². The Morgan fingerprint density at radius 2 is 1.47 bits per heavy atom. The van der Waals surface area contributed by atoms with E-state index in [0.29, 0.717) is 0 Å². The molecule has 0 spiro atoms. The molecule has 0 amide bonds. The van der Waals surface area contributed by atoms with Gasteiger partial charge in [-0.2, -0.15) is 0 Å². The molecule has 15 heavy (non-hydrogen) atoms. The van der Waals surface area contributed by atoms with Crippen LogP contribution < -0.4 is 5.73 Å². The fraction of sp³-hybridized carbons (Fsp3) is 0.125. The van der Waals surface area contributed by atoms with E-state index in [2.05, 4.69) is 0 Å². The van der Waals surface area contributed by atoms with Gasteiger partial charge in [-0.15, -0.1) is 0 Å². The lowest BCUT2D eigenvalue weighted by molar-refractivity contribution is 0.0991. The highest BCUT2D eigenvalue weighted by Gasteiger charge is 2.27. The van der Waals surface area contributed by atoms with Gasteiger partial charge in [-0.05, 0) is 0 Å². The van der Waals surface area contributed by atoms with Crippen LogP contribution in [-0.2, 0) is 0 Å². The van der Waals surface area contributed by atoms with Crippen LogP contribution >= 0.6 is 11.6 Å². The molecular formula is C8H4ClF4NO. The second kappa shape index (κ2) is 4.16. The van der Waals surface area contributed by atoms with Gasteiger partial charge in [0, 0.05) is 0 Å². The maximum atomic E-state index is 13.0. The summed E-state index contributed by atoms with van der Waals surface area (Å²) in [7, 11) is 0. The molecule has 2 nitrogen and oxygen atoms in total. The Hall–Kier alpha value is -1.14. The van der Waals surface area contributed by atoms with Crippen molar-refractivity contribution in [2.75, 3.05) is 6.54 Å². The van der Waals surface area contributed by atoms with Crippen LogP contribution in [-0.4, -0.2) is 12.3 Å². The Morgan fingerprint density at radius 3 is 1.80 bits per heavy atom. The summed E-state index contributed by atoms with van der Waals surface area (Å²) in [5, 5.41) is -1.33. The quantitative estimate of drug-likeness (QED) is 0.373. The molecule has 0 aliphatic carbocycles. The summed E-state index contributed by atoms with van der Waals surface area (Å²) in [5.41, 5.74) is 3.47. The lowest BCUT2D eigenvalue weighted by atomic mass is 10.1. The average molecular weight is 242 g/mol. The van der Waals surface area contributed by atoms with E-state index in [1.54, 1.807) is 0 Å². The second-order valence-electron chi connectivity index (χ2n) is 2.57. The van der Waals surface area contributed by atoms with Gasteiger partial charge in [-0.25, -0.2) is 17.6 Å². The first-order valence-electron chi connectivity index (χ1n) is 3.66. The van der Waals surface area contributed by atoms with E-state index in [1.165, 1.54) is 0 Å². The molecule has 0 fully saturated rings. The molecular weight excluding hydrogens is 238 g/mol. The summed E-state index contributed by atoms with van der Waals surface area (Å²) < 4.78 is 51.6. The second-order valence-corrected chi connectivity index (χ2v) is 2.95. The van der Waals surface area contributed by atoms with E-state index in [0.717, 1.165) is 0 Å². The average Bonchev–Trinajstić information content (AvgIpc) is 2.23. The summed E-state index contributed by atoms with van der Waals surface area (Å²) in [4.78, 5) is 10.9. The number of halogens is 5. The Balaban J connectivity index is 3.60. The molecule has 0 radical (unpaired) electrons. The molecule has 0 heterocycles. The first-order valence-corrected chi connectivity index (χ1v) is 4.04. The standard InChI is InChI=1S/C8H4ClF4NO/c9-4-7(12)5(10)3(2(15)1-14)6(11)8(4)13/h1,14H2. The molecule has 82 valence electrons. The van der Waals surface area contributed by atoms with Gasteiger partial charge in [0.2, 0.25) is 0 Å². The van der Waals surface area contributed by atoms with Crippen molar-refractivity contribution in [3.8, 4) is 0 Å². The molecule has 0 aromatic heterocycles. The summed E-state index contributed by atoms with van der Waals surface area (Å²) in [6.07, 6.45) is 0. The zero-order valence-corrected chi connectivity index (χ0v) is 7.84. The van der Waals surface area contributed by atoms with E-state index in [4.69, 9.17) is 17.3 Å². The maximum Gasteiger partial charge on any atom is 0.182 e. The van der Waals surface area contributed by atoms with Crippen molar-refractivity contribution >= 4 is 17.4 Å². The first-order chi connectivity index (χ1) is 6.91. The Bertz CT molecular complexity index is 406. The minimum atomic E-state index is -1.84. The third-order valence-electron chi connectivity index (χ3n) is 1.67. The van der Waals surface area contributed by atoms with Crippen LogP contribution in [0.5, 0.6) is 0 Å². The summed E-state index contributed by atoms with van der Waals surface area (Å²) in [6.45, 7) is -0.769. The molecule has 0 saturated heterocycles. The number of carbonyl (C=O) groups is 1. The Labute approximate surface area is 86.6 Å².